The lowest BCUT2D eigenvalue weighted by Crippen LogP contribution is -2.38. The van der Waals surface area contributed by atoms with Crippen LogP contribution in [0.3, 0.4) is 0 Å². The van der Waals surface area contributed by atoms with Crippen LogP contribution in [0.15, 0.2) is 36.4 Å². The number of halogens is 1. The van der Waals surface area contributed by atoms with Gasteiger partial charge >= 0.3 is 6.09 Å². The molecule has 0 bridgehead atoms. The summed E-state index contributed by atoms with van der Waals surface area (Å²) in [6.45, 7) is 0.423. The fourth-order valence-corrected chi connectivity index (χ4v) is 3.90. The van der Waals surface area contributed by atoms with Crippen LogP contribution in [0.5, 0.6) is 0 Å². The van der Waals surface area contributed by atoms with E-state index in [0.29, 0.717) is 37.1 Å². The average Bonchev–Trinajstić information content (AvgIpc) is 2.94. The van der Waals surface area contributed by atoms with E-state index in [1.54, 1.807) is 18.2 Å². The lowest BCUT2D eigenvalue weighted by atomic mass is 9.91. The third kappa shape index (κ3) is 3.22. The summed E-state index contributed by atoms with van der Waals surface area (Å²) in [4.78, 5) is 15.0. The number of carboxylic acid groups (broad SMARTS) is 1. The van der Waals surface area contributed by atoms with Crippen molar-refractivity contribution in [3.05, 3.63) is 64.9 Å². The van der Waals surface area contributed by atoms with Gasteiger partial charge in [-0.25, -0.2) is 9.78 Å². The zero-order valence-electron chi connectivity index (χ0n) is 14.4. The van der Waals surface area contributed by atoms with Gasteiger partial charge in [-0.2, -0.15) is 9.65 Å². The Kier molecular flexibility index (Phi) is 4.24. The minimum absolute atomic E-state index is 0.160. The second-order valence-corrected chi connectivity index (χ2v) is 6.70. The molecule has 0 spiro atoms. The highest BCUT2D eigenvalue weighted by atomic mass is 19.1. The van der Waals surface area contributed by atoms with Gasteiger partial charge in [0.2, 0.25) is 5.95 Å². The van der Waals surface area contributed by atoms with Crippen LogP contribution in [0.4, 0.5) is 9.18 Å². The predicted molar refractivity (Wildman–Crippen MR) is 96.9 cm³/mol. The van der Waals surface area contributed by atoms with Gasteiger partial charge < -0.3 is 15.0 Å². The first-order chi connectivity index (χ1) is 13.0. The first kappa shape index (κ1) is 17.0. The molecule has 2 heterocycles. The lowest BCUT2D eigenvalue weighted by molar-refractivity contribution is 0.188. The van der Waals surface area contributed by atoms with Gasteiger partial charge in [-0.1, -0.05) is 6.07 Å². The monoisotopic (exact) mass is 364 g/mol. The molecule has 0 aliphatic heterocycles. The number of nitriles is 1. The van der Waals surface area contributed by atoms with Gasteiger partial charge in [-0.05, 0) is 55.2 Å². The second kappa shape index (κ2) is 6.72. The maximum Gasteiger partial charge on any atom is 0.404 e. The summed E-state index contributed by atoms with van der Waals surface area (Å²) in [7, 11) is 0. The Morgan fingerprint density at radius 1 is 1.41 bits per heavy atom. The van der Waals surface area contributed by atoms with Gasteiger partial charge in [0.1, 0.15) is 0 Å². The SMILES string of the molecule is N#Cc1ccc2c(c1)c1c(n2Cc2cccc(F)n2)CCC(NC(=O)O)C1. The molecule has 0 saturated heterocycles. The molecular formula is C20H17FN4O2. The third-order valence-corrected chi connectivity index (χ3v) is 5.02. The van der Waals surface area contributed by atoms with Crippen LogP contribution in [0, 0.1) is 17.3 Å². The fourth-order valence-electron chi connectivity index (χ4n) is 3.90. The Labute approximate surface area is 154 Å². The number of hydrogen-bond donors (Lipinski definition) is 2. The molecule has 1 unspecified atom stereocenters. The number of nitrogens with one attached hydrogen (secondary N) is 1. The van der Waals surface area contributed by atoms with Crippen molar-refractivity contribution < 1.29 is 14.3 Å². The number of pyridine rings is 1. The van der Waals surface area contributed by atoms with Crippen LogP contribution in [-0.4, -0.2) is 26.8 Å². The Morgan fingerprint density at radius 2 is 2.26 bits per heavy atom. The predicted octanol–water partition coefficient (Wildman–Crippen LogP) is 3.22. The summed E-state index contributed by atoms with van der Waals surface area (Å²) in [5.74, 6) is -0.518. The summed E-state index contributed by atoms with van der Waals surface area (Å²) in [6, 6.07) is 12.2. The first-order valence-corrected chi connectivity index (χ1v) is 8.70. The molecule has 1 aliphatic carbocycles. The number of rotatable bonds is 3. The van der Waals surface area contributed by atoms with Crippen molar-refractivity contribution in [1.82, 2.24) is 14.9 Å². The minimum Gasteiger partial charge on any atom is -0.465 e. The van der Waals surface area contributed by atoms with E-state index in [-0.39, 0.29) is 6.04 Å². The molecule has 1 atom stereocenters. The van der Waals surface area contributed by atoms with Crippen LogP contribution in [-0.2, 0) is 19.4 Å². The van der Waals surface area contributed by atoms with Gasteiger partial charge in [-0.15, -0.1) is 0 Å². The number of aromatic nitrogens is 2. The van der Waals surface area contributed by atoms with E-state index in [2.05, 4.69) is 20.9 Å². The van der Waals surface area contributed by atoms with Crippen molar-refractivity contribution in [2.24, 2.45) is 0 Å². The molecule has 27 heavy (non-hydrogen) atoms. The molecule has 3 aromatic rings. The average molecular weight is 364 g/mol. The first-order valence-electron chi connectivity index (χ1n) is 8.70. The molecule has 0 radical (unpaired) electrons. The minimum atomic E-state index is -1.03. The summed E-state index contributed by atoms with van der Waals surface area (Å²) in [5.41, 5.74) is 4.25. The largest absolute Gasteiger partial charge is 0.465 e. The second-order valence-electron chi connectivity index (χ2n) is 6.70. The van der Waals surface area contributed by atoms with Gasteiger partial charge in [0.25, 0.3) is 0 Å². The Balaban J connectivity index is 1.82. The zero-order chi connectivity index (χ0) is 19.0. The number of nitrogens with zero attached hydrogens (tertiary/aromatic N) is 3. The van der Waals surface area contributed by atoms with Crippen molar-refractivity contribution in [3.63, 3.8) is 0 Å². The van der Waals surface area contributed by atoms with E-state index in [0.717, 1.165) is 22.2 Å². The molecule has 1 aromatic carbocycles. The number of benzene rings is 1. The van der Waals surface area contributed by atoms with E-state index < -0.39 is 12.0 Å². The molecule has 6 nitrogen and oxygen atoms in total. The van der Waals surface area contributed by atoms with Crippen LogP contribution >= 0.6 is 0 Å². The molecule has 4 rings (SSSR count). The number of fused-ring (bicyclic) bond motifs is 3. The molecule has 1 amide bonds. The fraction of sp³-hybridized carbons (Fsp3) is 0.250. The van der Waals surface area contributed by atoms with Crippen molar-refractivity contribution in [1.29, 1.82) is 5.26 Å². The van der Waals surface area contributed by atoms with Gasteiger partial charge in [0.05, 0.1) is 23.9 Å². The highest BCUT2D eigenvalue weighted by molar-refractivity contribution is 5.87. The third-order valence-electron chi connectivity index (χ3n) is 5.02. The standard InChI is InChI=1S/C20H17FN4O2/c21-19-3-1-2-14(23-19)11-25-17-6-4-12(10-22)8-15(17)16-9-13(24-20(26)27)5-7-18(16)25/h1-4,6,8,13,24H,5,7,9,11H2,(H,26,27). The highest BCUT2D eigenvalue weighted by Crippen LogP contribution is 2.33. The van der Waals surface area contributed by atoms with Gasteiger partial charge in [0.15, 0.2) is 0 Å². The number of carbonyl (C=O) groups is 1. The van der Waals surface area contributed by atoms with Gasteiger partial charge in [0, 0.05) is 22.6 Å². The molecule has 2 aromatic heterocycles. The Morgan fingerprint density at radius 3 is 3.00 bits per heavy atom. The van der Waals surface area contributed by atoms with E-state index in [1.165, 1.54) is 6.07 Å². The Hall–Kier alpha value is -3.40. The van der Waals surface area contributed by atoms with Crippen LogP contribution in [0.1, 0.15) is 28.9 Å². The maximum atomic E-state index is 13.5. The highest BCUT2D eigenvalue weighted by Gasteiger charge is 2.26. The maximum absolute atomic E-state index is 13.5. The molecular weight excluding hydrogens is 347 g/mol. The summed E-state index contributed by atoms with van der Waals surface area (Å²) in [6.07, 6.45) is 0.925. The van der Waals surface area contributed by atoms with Crippen molar-refractivity contribution in [2.75, 3.05) is 0 Å². The zero-order valence-corrected chi connectivity index (χ0v) is 14.4. The lowest BCUT2D eigenvalue weighted by Gasteiger charge is -2.24. The molecule has 1 aliphatic rings. The number of amides is 1. The molecule has 0 saturated carbocycles. The quantitative estimate of drug-likeness (QED) is 0.698. The van der Waals surface area contributed by atoms with Gasteiger partial charge in [-0.3, -0.25) is 0 Å². The summed E-state index contributed by atoms with van der Waals surface area (Å²) in [5, 5.41) is 21.8. The van der Waals surface area contributed by atoms with Crippen molar-refractivity contribution >= 4 is 17.0 Å². The van der Waals surface area contributed by atoms with Crippen molar-refractivity contribution in [2.45, 2.75) is 31.8 Å². The Bertz CT molecular complexity index is 1080. The van der Waals surface area contributed by atoms with Crippen molar-refractivity contribution in [3.8, 4) is 6.07 Å². The normalized spacial score (nSPS) is 15.9. The summed E-state index contributed by atoms with van der Waals surface area (Å²) < 4.78 is 15.6. The topological polar surface area (TPSA) is 90.9 Å². The molecule has 136 valence electrons. The van der Waals surface area contributed by atoms with E-state index in [9.17, 15) is 14.4 Å². The number of hydrogen-bond acceptors (Lipinski definition) is 3. The van der Waals surface area contributed by atoms with E-state index in [4.69, 9.17) is 5.11 Å². The molecule has 7 heteroatoms. The van der Waals surface area contributed by atoms with E-state index >= 15 is 0 Å². The summed E-state index contributed by atoms with van der Waals surface area (Å²) >= 11 is 0. The molecule has 2 N–H and O–H groups in total. The smallest absolute Gasteiger partial charge is 0.404 e. The molecule has 0 fully saturated rings. The van der Waals surface area contributed by atoms with E-state index in [1.807, 2.05) is 12.1 Å². The van der Waals surface area contributed by atoms with Crippen LogP contribution < -0.4 is 5.32 Å². The van der Waals surface area contributed by atoms with Crippen LogP contribution in [0.2, 0.25) is 0 Å². The van der Waals surface area contributed by atoms with Crippen LogP contribution in [0.25, 0.3) is 10.9 Å².